The standard InChI is InChI=1S/C13H27N3O2.2ClH/c1-11(10-16-5-7-18-8-6-16)9-15-13(17)4-3-12(2)14;;/h11-12H,3-10,14H2,1-2H3,(H,15,17);2*1H. The molecule has 0 aromatic carbocycles. The molecule has 5 nitrogen and oxygen atoms in total. The predicted octanol–water partition coefficient (Wildman–Crippen LogP) is 1.04. The maximum Gasteiger partial charge on any atom is 0.220 e. The van der Waals surface area contributed by atoms with Crippen molar-refractivity contribution in [3.8, 4) is 0 Å². The molecule has 3 N–H and O–H groups in total. The molecule has 20 heavy (non-hydrogen) atoms. The summed E-state index contributed by atoms with van der Waals surface area (Å²) in [6.45, 7) is 9.52. The van der Waals surface area contributed by atoms with Crippen LogP contribution in [0.3, 0.4) is 0 Å². The van der Waals surface area contributed by atoms with E-state index in [9.17, 15) is 4.79 Å². The molecule has 0 radical (unpaired) electrons. The normalized spacial score (nSPS) is 18.4. The first-order valence-electron chi connectivity index (χ1n) is 6.90. The quantitative estimate of drug-likeness (QED) is 0.732. The number of halogens is 2. The van der Waals surface area contributed by atoms with E-state index in [1.807, 2.05) is 6.92 Å². The molecule has 122 valence electrons. The van der Waals surface area contributed by atoms with Crippen molar-refractivity contribution in [3.63, 3.8) is 0 Å². The van der Waals surface area contributed by atoms with Gasteiger partial charge in [0.2, 0.25) is 5.91 Å². The summed E-state index contributed by atoms with van der Waals surface area (Å²) in [4.78, 5) is 13.9. The van der Waals surface area contributed by atoms with Gasteiger partial charge in [-0.25, -0.2) is 0 Å². The maximum atomic E-state index is 11.5. The molecule has 2 atom stereocenters. The minimum absolute atomic E-state index is 0. The Morgan fingerprint density at radius 2 is 1.90 bits per heavy atom. The smallest absolute Gasteiger partial charge is 0.220 e. The lowest BCUT2D eigenvalue weighted by atomic mass is 10.1. The van der Waals surface area contributed by atoms with Gasteiger partial charge >= 0.3 is 0 Å². The summed E-state index contributed by atoms with van der Waals surface area (Å²) in [5.74, 6) is 0.587. The summed E-state index contributed by atoms with van der Waals surface area (Å²) in [6, 6.07) is 0.0986. The lowest BCUT2D eigenvalue weighted by Gasteiger charge is -2.29. The topological polar surface area (TPSA) is 67.6 Å². The Labute approximate surface area is 134 Å². The number of amides is 1. The minimum atomic E-state index is 0. The molecular weight excluding hydrogens is 301 g/mol. The van der Waals surface area contributed by atoms with Crippen molar-refractivity contribution < 1.29 is 9.53 Å². The van der Waals surface area contributed by atoms with Gasteiger partial charge in [-0.2, -0.15) is 0 Å². The van der Waals surface area contributed by atoms with E-state index in [0.717, 1.165) is 45.8 Å². The molecular formula is C13H29Cl2N3O2. The fourth-order valence-corrected chi connectivity index (χ4v) is 2.02. The third kappa shape index (κ3) is 10.7. The zero-order chi connectivity index (χ0) is 13.4. The molecule has 7 heteroatoms. The zero-order valence-corrected chi connectivity index (χ0v) is 14.1. The van der Waals surface area contributed by atoms with Gasteiger partial charge in [0.25, 0.3) is 0 Å². The zero-order valence-electron chi connectivity index (χ0n) is 12.5. The highest BCUT2D eigenvalue weighted by Gasteiger charge is 2.14. The van der Waals surface area contributed by atoms with Crippen LogP contribution in [0.25, 0.3) is 0 Å². The van der Waals surface area contributed by atoms with Gasteiger partial charge in [0.1, 0.15) is 0 Å². The molecule has 1 heterocycles. The number of carbonyl (C=O) groups excluding carboxylic acids is 1. The number of hydrogen-bond acceptors (Lipinski definition) is 4. The molecule has 0 saturated carbocycles. The number of nitrogens with one attached hydrogen (secondary N) is 1. The summed E-state index contributed by atoms with van der Waals surface area (Å²) in [5.41, 5.74) is 5.62. The second kappa shape index (κ2) is 12.7. The third-order valence-corrected chi connectivity index (χ3v) is 3.15. The molecule has 1 saturated heterocycles. The Hall–Kier alpha value is -0.0700. The second-order valence-corrected chi connectivity index (χ2v) is 5.34. The van der Waals surface area contributed by atoms with Crippen LogP contribution >= 0.6 is 24.8 Å². The highest BCUT2D eigenvalue weighted by atomic mass is 35.5. The van der Waals surface area contributed by atoms with Crippen LogP contribution in [0.1, 0.15) is 26.7 Å². The van der Waals surface area contributed by atoms with E-state index in [4.69, 9.17) is 10.5 Å². The number of morpholine rings is 1. The number of rotatable bonds is 7. The monoisotopic (exact) mass is 329 g/mol. The van der Waals surface area contributed by atoms with E-state index in [1.165, 1.54) is 0 Å². The van der Waals surface area contributed by atoms with E-state index in [1.54, 1.807) is 0 Å². The second-order valence-electron chi connectivity index (χ2n) is 5.34. The van der Waals surface area contributed by atoms with Gasteiger partial charge in [-0.05, 0) is 19.3 Å². The van der Waals surface area contributed by atoms with E-state index >= 15 is 0 Å². The van der Waals surface area contributed by atoms with Gasteiger partial charge in [0.05, 0.1) is 13.2 Å². The average molecular weight is 330 g/mol. The van der Waals surface area contributed by atoms with Gasteiger partial charge in [-0.3, -0.25) is 9.69 Å². The molecule has 2 unspecified atom stereocenters. The molecule has 0 aromatic rings. The Morgan fingerprint density at radius 3 is 2.45 bits per heavy atom. The van der Waals surface area contributed by atoms with Crippen LogP contribution in [0.2, 0.25) is 0 Å². The minimum Gasteiger partial charge on any atom is -0.379 e. The van der Waals surface area contributed by atoms with Crippen LogP contribution in [-0.2, 0) is 9.53 Å². The van der Waals surface area contributed by atoms with Crippen LogP contribution in [0.15, 0.2) is 0 Å². The van der Waals surface area contributed by atoms with Crippen molar-refractivity contribution >= 4 is 30.7 Å². The highest BCUT2D eigenvalue weighted by Crippen LogP contribution is 2.03. The predicted molar refractivity (Wildman–Crippen MR) is 86.8 cm³/mol. The lowest BCUT2D eigenvalue weighted by Crippen LogP contribution is -2.41. The van der Waals surface area contributed by atoms with E-state index in [-0.39, 0.29) is 36.8 Å². The van der Waals surface area contributed by atoms with E-state index < -0.39 is 0 Å². The lowest BCUT2D eigenvalue weighted by molar-refractivity contribution is -0.121. The first-order chi connectivity index (χ1) is 8.58. The largest absolute Gasteiger partial charge is 0.379 e. The maximum absolute atomic E-state index is 11.5. The number of hydrogen-bond donors (Lipinski definition) is 2. The third-order valence-electron chi connectivity index (χ3n) is 3.15. The Balaban J connectivity index is 0. The van der Waals surface area contributed by atoms with Gasteiger partial charge in [0.15, 0.2) is 0 Å². The van der Waals surface area contributed by atoms with Gasteiger partial charge in [-0.15, -0.1) is 24.8 Å². The summed E-state index contributed by atoms with van der Waals surface area (Å²) in [7, 11) is 0. The van der Waals surface area contributed by atoms with Crippen LogP contribution in [-0.4, -0.2) is 56.2 Å². The molecule has 1 rings (SSSR count). The van der Waals surface area contributed by atoms with Crippen molar-refractivity contribution in [2.75, 3.05) is 39.4 Å². The van der Waals surface area contributed by atoms with Crippen LogP contribution in [0, 0.1) is 5.92 Å². The van der Waals surface area contributed by atoms with Crippen molar-refractivity contribution in [2.24, 2.45) is 11.7 Å². The summed E-state index contributed by atoms with van der Waals surface area (Å²) in [6.07, 6.45) is 1.28. The molecule has 1 aliphatic heterocycles. The van der Waals surface area contributed by atoms with Crippen molar-refractivity contribution in [1.82, 2.24) is 10.2 Å². The number of nitrogens with zero attached hydrogens (tertiary/aromatic N) is 1. The first kappa shape index (κ1) is 22.2. The fraction of sp³-hybridized carbons (Fsp3) is 0.923. The Kier molecular flexibility index (Phi) is 14.1. The summed E-state index contributed by atoms with van der Waals surface area (Å²) in [5, 5.41) is 2.97. The molecule has 1 amide bonds. The first-order valence-corrected chi connectivity index (χ1v) is 6.90. The van der Waals surface area contributed by atoms with Crippen LogP contribution in [0.5, 0.6) is 0 Å². The number of ether oxygens (including phenoxy) is 1. The summed E-state index contributed by atoms with van der Waals surface area (Å²) < 4.78 is 5.31. The van der Waals surface area contributed by atoms with Crippen LogP contribution < -0.4 is 11.1 Å². The van der Waals surface area contributed by atoms with Gasteiger partial charge in [0, 0.05) is 38.6 Å². The number of carbonyl (C=O) groups is 1. The molecule has 0 aliphatic carbocycles. The van der Waals surface area contributed by atoms with Crippen molar-refractivity contribution in [1.29, 1.82) is 0 Å². The van der Waals surface area contributed by atoms with Crippen molar-refractivity contribution in [3.05, 3.63) is 0 Å². The van der Waals surface area contributed by atoms with Crippen LogP contribution in [0.4, 0.5) is 0 Å². The number of nitrogens with two attached hydrogens (primary N) is 1. The van der Waals surface area contributed by atoms with Gasteiger partial charge < -0.3 is 15.8 Å². The Bertz CT molecular complexity index is 250. The highest BCUT2D eigenvalue weighted by molar-refractivity contribution is 5.85. The fourth-order valence-electron chi connectivity index (χ4n) is 2.02. The molecule has 0 bridgehead atoms. The van der Waals surface area contributed by atoms with Gasteiger partial charge in [-0.1, -0.05) is 6.92 Å². The molecule has 1 aliphatic rings. The van der Waals surface area contributed by atoms with Crippen molar-refractivity contribution in [2.45, 2.75) is 32.7 Å². The van der Waals surface area contributed by atoms with E-state index in [0.29, 0.717) is 12.3 Å². The average Bonchev–Trinajstić information content (AvgIpc) is 2.35. The SMILES string of the molecule is CC(N)CCC(=O)NCC(C)CN1CCOCC1.Cl.Cl. The molecule has 0 spiro atoms. The Morgan fingerprint density at radius 1 is 1.30 bits per heavy atom. The molecule has 1 fully saturated rings. The summed E-state index contributed by atoms with van der Waals surface area (Å²) >= 11 is 0. The van der Waals surface area contributed by atoms with E-state index in [2.05, 4.69) is 17.1 Å². The molecule has 0 aromatic heterocycles.